The van der Waals surface area contributed by atoms with E-state index in [1.54, 1.807) is 0 Å². The van der Waals surface area contributed by atoms with Gasteiger partial charge in [-0.3, -0.25) is 15.9 Å². The first-order chi connectivity index (χ1) is 12.0. The molecule has 0 bridgehead atoms. The van der Waals surface area contributed by atoms with Gasteiger partial charge in [-0.2, -0.15) is 0 Å². The molecule has 0 aliphatic carbocycles. The first-order valence-electron chi connectivity index (χ1n) is 9.90. The number of ether oxygens (including phenoxy) is 1. The van der Waals surface area contributed by atoms with Crippen molar-refractivity contribution in [2.45, 2.75) is 92.0 Å². The molecule has 0 aromatic heterocycles. The molecule has 0 radical (unpaired) electrons. The van der Waals surface area contributed by atoms with Gasteiger partial charge in [0.25, 0.3) is 0 Å². The van der Waals surface area contributed by atoms with E-state index >= 15 is 0 Å². The summed E-state index contributed by atoms with van der Waals surface area (Å²) in [5, 5.41) is 0. The van der Waals surface area contributed by atoms with E-state index in [9.17, 15) is 14.4 Å². The van der Waals surface area contributed by atoms with Crippen LogP contribution in [-0.4, -0.2) is 41.8 Å². The van der Waals surface area contributed by atoms with Crippen molar-refractivity contribution >= 4 is 18.2 Å². The first-order valence-corrected chi connectivity index (χ1v) is 9.90. The Morgan fingerprint density at radius 1 is 1.19 bits per heavy atom. The third kappa shape index (κ3) is 7.00. The third-order valence-electron chi connectivity index (χ3n) is 5.60. The minimum Gasteiger partial charge on any atom is -0.541 e. The molecule has 6 heteroatoms. The van der Waals surface area contributed by atoms with Gasteiger partial charge in [-0.05, 0) is 46.0 Å². The van der Waals surface area contributed by atoms with E-state index < -0.39 is 16.4 Å². The minimum atomic E-state index is -0.690. The topological polar surface area (TPSA) is 63.7 Å². The molecular weight excluding hydrogens is 514 g/mol. The molecule has 1 fully saturated rings. The van der Waals surface area contributed by atoms with E-state index in [0.717, 1.165) is 19.3 Å². The van der Waals surface area contributed by atoms with Crippen LogP contribution in [0.2, 0.25) is 0 Å². The number of rotatable bonds is 11. The zero-order chi connectivity index (χ0) is 20.0. The van der Waals surface area contributed by atoms with Gasteiger partial charge in [0.2, 0.25) is 5.91 Å². The second-order valence-corrected chi connectivity index (χ2v) is 8.89. The molecule has 1 rings (SSSR count). The Balaban J connectivity index is 0.00000676. The predicted molar refractivity (Wildman–Crippen MR) is 102 cm³/mol. The molecule has 1 heterocycles. The fourth-order valence-corrected chi connectivity index (χ4v) is 4.13. The van der Waals surface area contributed by atoms with E-state index in [4.69, 9.17) is 4.74 Å². The average Bonchev–Trinajstić information content (AvgIpc) is 3.01. The van der Waals surface area contributed by atoms with Crippen molar-refractivity contribution in [1.82, 2.24) is 4.90 Å². The molecule has 0 N–H and O–H groups in total. The van der Waals surface area contributed by atoms with Gasteiger partial charge in [0.15, 0.2) is 0 Å². The molecule has 1 amide bonds. The van der Waals surface area contributed by atoms with Crippen LogP contribution in [-0.2, 0) is 40.2 Å². The molecule has 0 aromatic rings. The Morgan fingerprint density at radius 2 is 1.81 bits per heavy atom. The Labute approximate surface area is 179 Å². The first kappa shape index (κ1) is 26.3. The van der Waals surface area contributed by atoms with E-state index in [2.05, 4.69) is 13.2 Å². The maximum atomic E-state index is 12.8. The number of hydrogen-bond donors (Lipinski definition) is 0. The van der Waals surface area contributed by atoms with E-state index in [1.807, 2.05) is 39.5 Å². The van der Waals surface area contributed by atoms with Crippen molar-refractivity contribution in [3.8, 4) is 0 Å². The maximum absolute atomic E-state index is 12.8. The van der Waals surface area contributed by atoms with Crippen molar-refractivity contribution in [3.63, 3.8) is 0 Å². The summed E-state index contributed by atoms with van der Waals surface area (Å²) in [6.07, 6.45) is 6.87. The largest absolute Gasteiger partial charge is 0.541 e. The monoisotopic (exact) mass is 550 g/mol. The fourth-order valence-electron chi connectivity index (χ4n) is 4.13. The van der Waals surface area contributed by atoms with Crippen molar-refractivity contribution in [2.75, 3.05) is 13.2 Å². The molecule has 2 atom stereocenters. The SMILES string of the molecule is CCCCOC(=O)C(C)(CC)CC(C)(CC(C)(C)[C-]=O)N1CCCC1=O.[W]. The van der Waals surface area contributed by atoms with Crippen LogP contribution in [0.25, 0.3) is 0 Å². The molecule has 1 saturated heterocycles. The van der Waals surface area contributed by atoms with Gasteiger partial charge in [-0.15, -0.1) is 5.41 Å². The molecule has 0 saturated carbocycles. The molecule has 2 unspecified atom stereocenters. The summed E-state index contributed by atoms with van der Waals surface area (Å²) in [4.78, 5) is 38.5. The zero-order valence-electron chi connectivity index (χ0n) is 17.9. The van der Waals surface area contributed by atoms with Gasteiger partial charge < -0.3 is 14.4 Å². The summed E-state index contributed by atoms with van der Waals surface area (Å²) < 4.78 is 5.51. The maximum Gasteiger partial charge on any atom is 0.311 e. The number of unbranched alkanes of at least 4 members (excludes halogenated alkanes) is 1. The molecule has 5 nitrogen and oxygen atoms in total. The Bertz CT molecular complexity index is 522. The Kier molecular flexibility index (Phi) is 10.5. The molecule has 0 aromatic carbocycles. The van der Waals surface area contributed by atoms with Gasteiger partial charge in [0.05, 0.1) is 12.0 Å². The molecule has 1 aliphatic heterocycles. The van der Waals surface area contributed by atoms with Crippen LogP contribution in [0.5, 0.6) is 0 Å². The van der Waals surface area contributed by atoms with E-state index in [1.165, 1.54) is 0 Å². The summed E-state index contributed by atoms with van der Waals surface area (Å²) in [5.74, 6) is -0.105. The molecule has 27 heavy (non-hydrogen) atoms. The van der Waals surface area contributed by atoms with Crippen LogP contribution in [0.4, 0.5) is 0 Å². The van der Waals surface area contributed by atoms with Crippen LogP contribution in [0.3, 0.4) is 0 Å². The standard InChI is InChI=1S/C21H36NO4.W/c1-7-9-13-26-18(25)20(5,8-2)15-21(6,14-19(3,4)16-23)22-12-10-11-17(22)24;/h7-15H2,1-6H3;/q-1;. The van der Waals surface area contributed by atoms with Crippen LogP contribution in [0, 0.1) is 10.8 Å². The van der Waals surface area contributed by atoms with Crippen LogP contribution >= 0.6 is 0 Å². The van der Waals surface area contributed by atoms with E-state index in [0.29, 0.717) is 38.8 Å². The van der Waals surface area contributed by atoms with Crippen LogP contribution in [0.1, 0.15) is 86.5 Å². The van der Waals surface area contributed by atoms with Crippen molar-refractivity contribution in [3.05, 3.63) is 0 Å². The number of nitrogens with zero attached hydrogens (tertiary/aromatic N) is 1. The summed E-state index contributed by atoms with van der Waals surface area (Å²) >= 11 is 0. The van der Waals surface area contributed by atoms with Gasteiger partial charge in [0.1, 0.15) is 0 Å². The summed E-state index contributed by atoms with van der Waals surface area (Å²) in [5.41, 5.74) is -1.95. The van der Waals surface area contributed by atoms with Crippen LogP contribution < -0.4 is 0 Å². The van der Waals surface area contributed by atoms with Gasteiger partial charge in [0, 0.05) is 39.6 Å². The average molecular weight is 550 g/mol. The third-order valence-corrected chi connectivity index (χ3v) is 5.60. The number of esters is 1. The van der Waals surface area contributed by atoms with E-state index in [-0.39, 0.29) is 32.9 Å². The summed E-state index contributed by atoms with van der Waals surface area (Å²) in [6.45, 7) is 12.7. The molecule has 1 aliphatic rings. The van der Waals surface area contributed by atoms with Crippen molar-refractivity contribution in [2.24, 2.45) is 10.8 Å². The number of likely N-dealkylation sites (tertiary alicyclic amines) is 1. The molecule has 156 valence electrons. The smallest absolute Gasteiger partial charge is 0.311 e. The Morgan fingerprint density at radius 3 is 2.26 bits per heavy atom. The predicted octanol–water partition coefficient (Wildman–Crippen LogP) is 4.04. The van der Waals surface area contributed by atoms with Crippen molar-refractivity contribution < 1.29 is 40.2 Å². The normalized spacial score (nSPS) is 19.0. The second-order valence-electron chi connectivity index (χ2n) is 8.89. The van der Waals surface area contributed by atoms with Crippen molar-refractivity contribution in [1.29, 1.82) is 0 Å². The molecular formula is C21H36NO4W-. The number of hydrogen-bond acceptors (Lipinski definition) is 4. The van der Waals surface area contributed by atoms with Crippen LogP contribution in [0.15, 0.2) is 0 Å². The Hall–Kier alpha value is -0.702. The van der Waals surface area contributed by atoms with Gasteiger partial charge in [-0.25, -0.2) is 0 Å². The number of carbonyl (C=O) groups is 2. The number of carbonyl (C=O) groups excluding carboxylic acids is 3. The fraction of sp³-hybridized carbons (Fsp3) is 0.857. The molecule has 0 spiro atoms. The summed E-state index contributed by atoms with van der Waals surface area (Å²) in [6, 6.07) is 0. The zero-order valence-corrected chi connectivity index (χ0v) is 20.8. The van der Waals surface area contributed by atoms with Gasteiger partial charge in [-0.1, -0.05) is 34.1 Å². The summed E-state index contributed by atoms with van der Waals surface area (Å²) in [7, 11) is 0. The minimum absolute atomic E-state index is 0. The number of amides is 1. The second kappa shape index (κ2) is 10.7. The van der Waals surface area contributed by atoms with Gasteiger partial charge >= 0.3 is 5.97 Å². The quantitative estimate of drug-likeness (QED) is 0.222.